The molecule has 1 saturated carbocycles. The van der Waals surface area contributed by atoms with E-state index in [1.807, 2.05) is 19.1 Å². The molecule has 34 heavy (non-hydrogen) atoms. The summed E-state index contributed by atoms with van der Waals surface area (Å²) < 4.78 is 13.3. The number of rotatable bonds is 4. The lowest BCUT2D eigenvalue weighted by atomic mass is 9.71. The SMILES string of the molecule is Cc1cccc(C(=O)N[C@H]2CCC[C@]3(CCN(c4cc(-c5ccc(F)cc5)ncn4)C3=O)C2)n1. The third-order valence-corrected chi connectivity index (χ3v) is 6.88. The molecule has 0 bridgehead atoms. The van der Waals surface area contributed by atoms with Crippen molar-refractivity contribution >= 4 is 17.6 Å². The molecule has 2 aromatic heterocycles. The van der Waals surface area contributed by atoms with E-state index in [-0.39, 0.29) is 23.7 Å². The Morgan fingerprint density at radius 1 is 1.15 bits per heavy atom. The Hall–Kier alpha value is -3.68. The van der Waals surface area contributed by atoms with Crippen LogP contribution in [0.1, 0.15) is 48.3 Å². The molecule has 0 unspecified atom stereocenters. The molecule has 1 N–H and O–H groups in total. The quantitative estimate of drug-likeness (QED) is 0.635. The zero-order chi connectivity index (χ0) is 23.7. The van der Waals surface area contributed by atoms with Crippen LogP contribution in [-0.2, 0) is 4.79 Å². The zero-order valence-electron chi connectivity index (χ0n) is 19.0. The number of hydrogen-bond acceptors (Lipinski definition) is 5. The number of aromatic nitrogens is 3. The number of amides is 2. The van der Waals surface area contributed by atoms with Crippen LogP contribution in [0.2, 0.25) is 0 Å². The minimum absolute atomic E-state index is 0.0453. The second-order valence-electron chi connectivity index (χ2n) is 9.19. The van der Waals surface area contributed by atoms with Crippen LogP contribution in [0.3, 0.4) is 0 Å². The van der Waals surface area contributed by atoms with Gasteiger partial charge in [0, 0.05) is 29.9 Å². The highest BCUT2D eigenvalue weighted by molar-refractivity contribution is 5.99. The molecule has 2 amide bonds. The Morgan fingerprint density at radius 3 is 2.76 bits per heavy atom. The molecule has 1 aliphatic heterocycles. The molecule has 2 aliphatic rings. The van der Waals surface area contributed by atoms with E-state index >= 15 is 0 Å². The number of aryl methyl sites for hydroxylation is 1. The standard InChI is InChI=1S/C26H26FN5O2/c1-17-4-2-6-21(30-17)24(33)31-20-5-3-11-26(15-20)12-13-32(25(26)34)23-14-22(28-16-29-23)18-7-9-19(27)10-8-18/h2,4,6-10,14,16,20H,3,5,11-13,15H2,1H3,(H,31,33)/t20-,26-/m0/s1. The van der Waals surface area contributed by atoms with Crippen LogP contribution >= 0.6 is 0 Å². The third-order valence-electron chi connectivity index (χ3n) is 6.88. The number of anilines is 1. The Balaban J connectivity index is 1.31. The van der Waals surface area contributed by atoms with Gasteiger partial charge in [0.2, 0.25) is 5.91 Å². The van der Waals surface area contributed by atoms with Gasteiger partial charge in [0.25, 0.3) is 5.91 Å². The molecule has 5 rings (SSSR count). The van der Waals surface area contributed by atoms with Gasteiger partial charge in [0.1, 0.15) is 23.7 Å². The van der Waals surface area contributed by atoms with Gasteiger partial charge >= 0.3 is 0 Å². The molecular weight excluding hydrogens is 433 g/mol. The van der Waals surface area contributed by atoms with Gasteiger partial charge in [0.05, 0.1) is 11.1 Å². The van der Waals surface area contributed by atoms with Crippen molar-refractivity contribution < 1.29 is 14.0 Å². The van der Waals surface area contributed by atoms with Crippen molar-refractivity contribution in [3.05, 3.63) is 72.1 Å². The van der Waals surface area contributed by atoms with E-state index in [1.165, 1.54) is 18.5 Å². The maximum absolute atomic E-state index is 13.6. The van der Waals surface area contributed by atoms with Crippen molar-refractivity contribution in [2.45, 2.75) is 45.1 Å². The summed E-state index contributed by atoms with van der Waals surface area (Å²) in [5.41, 5.74) is 2.08. The average molecular weight is 460 g/mol. The van der Waals surface area contributed by atoms with Crippen LogP contribution in [0, 0.1) is 18.2 Å². The first-order valence-corrected chi connectivity index (χ1v) is 11.6. The van der Waals surface area contributed by atoms with E-state index in [2.05, 4.69) is 20.3 Å². The Morgan fingerprint density at radius 2 is 1.97 bits per heavy atom. The van der Waals surface area contributed by atoms with Crippen LogP contribution in [0.25, 0.3) is 11.3 Å². The lowest BCUT2D eigenvalue weighted by Crippen LogP contribution is -2.46. The van der Waals surface area contributed by atoms with E-state index in [0.717, 1.165) is 36.9 Å². The van der Waals surface area contributed by atoms with Gasteiger partial charge in [-0.1, -0.05) is 12.5 Å². The van der Waals surface area contributed by atoms with Crippen LogP contribution in [-0.4, -0.2) is 39.4 Å². The summed E-state index contributed by atoms with van der Waals surface area (Å²) in [6, 6.07) is 13.2. The summed E-state index contributed by atoms with van der Waals surface area (Å²) in [7, 11) is 0. The fraction of sp³-hybridized carbons (Fsp3) is 0.346. The molecule has 8 heteroatoms. The van der Waals surface area contributed by atoms with Crippen molar-refractivity contribution in [2.75, 3.05) is 11.4 Å². The van der Waals surface area contributed by atoms with Gasteiger partial charge in [-0.15, -0.1) is 0 Å². The van der Waals surface area contributed by atoms with Crippen molar-refractivity contribution in [3.8, 4) is 11.3 Å². The molecule has 0 radical (unpaired) electrons. The van der Waals surface area contributed by atoms with E-state index < -0.39 is 5.41 Å². The molecule has 2 atom stereocenters. The summed E-state index contributed by atoms with van der Waals surface area (Å²) in [6.07, 6.45) is 5.27. The van der Waals surface area contributed by atoms with Gasteiger partial charge in [-0.25, -0.2) is 19.3 Å². The Labute approximate surface area is 197 Å². The molecule has 1 saturated heterocycles. The van der Waals surface area contributed by atoms with Crippen LogP contribution in [0.5, 0.6) is 0 Å². The zero-order valence-corrected chi connectivity index (χ0v) is 19.0. The topological polar surface area (TPSA) is 88.1 Å². The fourth-order valence-electron chi connectivity index (χ4n) is 5.15. The largest absolute Gasteiger partial charge is 0.348 e. The van der Waals surface area contributed by atoms with Crippen molar-refractivity contribution in [3.63, 3.8) is 0 Å². The summed E-state index contributed by atoms with van der Waals surface area (Å²) in [5.74, 6) is 0.0785. The number of carbonyl (C=O) groups excluding carboxylic acids is 2. The second-order valence-corrected chi connectivity index (χ2v) is 9.19. The molecule has 1 aromatic carbocycles. The lowest BCUT2D eigenvalue weighted by molar-refractivity contribution is -0.127. The van der Waals surface area contributed by atoms with E-state index in [1.54, 1.807) is 29.2 Å². The summed E-state index contributed by atoms with van der Waals surface area (Å²) >= 11 is 0. The number of pyridine rings is 1. The normalized spacial score (nSPS) is 22.2. The number of hydrogen-bond donors (Lipinski definition) is 1. The minimum Gasteiger partial charge on any atom is -0.348 e. The number of halogens is 1. The average Bonchev–Trinajstić information content (AvgIpc) is 3.14. The smallest absolute Gasteiger partial charge is 0.270 e. The first kappa shape index (κ1) is 22.1. The van der Waals surface area contributed by atoms with E-state index in [9.17, 15) is 14.0 Å². The number of benzene rings is 1. The van der Waals surface area contributed by atoms with E-state index in [4.69, 9.17) is 0 Å². The number of carbonyl (C=O) groups is 2. The molecule has 7 nitrogen and oxygen atoms in total. The predicted octanol–water partition coefficient (Wildman–Crippen LogP) is 4.08. The molecule has 2 fully saturated rings. The summed E-state index contributed by atoms with van der Waals surface area (Å²) in [6.45, 7) is 2.42. The van der Waals surface area contributed by atoms with Crippen molar-refractivity contribution in [1.82, 2.24) is 20.3 Å². The summed E-state index contributed by atoms with van der Waals surface area (Å²) in [4.78, 5) is 41.0. The fourth-order valence-corrected chi connectivity index (χ4v) is 5.15. The maximum atomic E-state index is 13.6. The predicted molar refractivity (Wildman–Crippen MR) is 126 cm³/mol. The lowest BCUT2D eigenvalue weighted by Gasteiger charge is -2.36. The van der Waals surface area contributed by atoms with Crippen molar-refractivity contribution in [1.29, 1.82) is 0 Å². The van der Waals surface area contributed by atoms with E-state index in [0.29, 0.717) is 30.2 Å². The molecule has 1 aliphatic carbocycles. The molecular formula is C26H26FN5O2. The van der Waals surface area contributed by atoms with Gasteiger partial charge in [-0.3, -0.25) is 14.5 Å². The molecule has 174 valence electrons. The molecule has 3 aromatic rings. The summed E-state index contributed by atoms with van der Waals surface area (Å²) in [5, 5.41) is 3.10. The monoisotopic (exact) mass is 459 g/mol. The Bertz CT molecular complexity index is 1230. The molecule has 1 spiro atoms. The minimum atomic E-state index is -0.503. The highest BCUT2D eigenvalue weighted by Crippen LogP contribution is 2.46. The highest BCUT2D eigenvalue weighted by Gasteiger charge is 2.50. The molecule has 3 heterocycles. The highest BCUT2D eigenvalue weighted by atomic mass is 19.1. The third kappa shape index (κ3) is 4.27. The van der Waals surface area contributed by atoms with Crippen LogP contribution in [0.4, 0.5) is 10.2 Å². The van der Waals surface area contributed by atoms with Crippen molar-refractivity contribution in [2.24, 2.45) is 5.41 Å². The van der Waals surface area contributed by atoms with Crippen LogP contribution in [0.15, 0.2) is 54.9 Å². The maximum Gasteiger partial charge on any atom is 0.270 e. The Kier molecular flexibility index (Phi) is 5.81. The number of nitrogens with one attached hydrogen (secondary N) is 1. The van der Waals surface area contributed by atoms with Gasteiger partial charge in [0.15, 0.2) is 0 Å². The first-order valence-electron chi connectivity index (χ1n) is 11.6. The van der Waals surface area contributed by atoms with Crippen LogP contribution < -0.4 is 10.2 Å². The van der Waals surface area contributed by atoms with Gasteiger partial charge in [-0.05, 0) is 69.0 Å². The van der Waals surface area contributed by atoms with Gasteiger partial charge in [-0.2, -0.15) is 0 Å². The van der Waals surface area contributed by atoms with Gasteiger partial charge < -0.3 is 5.32 Å². The first-order chi connectivity index (χ1) is 16.4. The number of nitrogens with zero attached hydrogens (tertiary/aromatic N) is 4. The second kappa shape index (κ2) is 8.93.